The van der Waals surface area contributed by atoms with Gasteiger partial charge in [-0.1, -0.05) is 20.8 Å². The van der Waals surface area contributed by atoms with Gasteiger partial charge in [0.25, 0.3) is 0 Å². The van der Waals surface area contributed by atoms with Gasteiger partial charge in [0.15, 0.2) is 0 Å². The number of hydrogen-bond acceptors (Lipinski definition) is 3. The Morgan fingerprint density at radius 1 is 1.39 bits per heavy atom. The van der Waals surface area contributed by atoms with Crippen molar-refractivity contribution in [2.24, 2.45) is 11.1 Å². The van der Waals surface area contributed by atoms with Crippen molar-refractivity contribution in [3.8, 4) is 0 Å². The molecule has 0 aromatic carbocycles. The molecule has 0 aliphatic carbocycles. The summed E-state index contributed by atoms with van der Waals surface area (Å²) in [5, 5.41) is 0. The predicted molar refractivity (Wildman–Crippen MR) is 77.7 cm³/mol. The fourth-order valence-electron chi connectivity index (χ4n) is 2.94. The molecule has 0 aromatic rings. The molecule has 0 bridgehead atoms. The van der Waals surface area contributed by atoms with E-state index in [1.165, 1.54) is 0 Å². The molecule has 0 saturated carbocycles. The number of ether oxygens (including phenoxy) is 1. The Labute approximate surface area is 113 Å². The van der Waals surface area contributed by atoms with Gasteiger partial charge in [-0.05, 0) is 44.6 Å². The Hall–Kier alpha value is -0.120. The molecule has 1 saturated heterocycles. The lowest BCUT2D eigenvalue weighted by molar-refractivity contribution is 0.0148. The van der Waals surface area contributed by atoms with Gasteiger partial charge in [0.1, 0.15) is 0 Å². The van der Waals surface area contributed by atoms with E-state index in [4.69, 9.17) is 10.5 Å². The number of hydrogen-bond donors (Lipinski definition) is 1. The van der Waals surface area contributed by atoms with E-state index in [0.29, 0.717) is 23.6 Å². The van der Waals surface area contributed by atoms with Crippen LogP contribution in [0.25, 0.3) is 0 Å². The van der Waals surface area contributed by atoms with Crippen LogP contribution in [-0.2, 0) is 4.74 Å². The third kappa shape index (κ3) is 5.68. The Morgan fingerprint density at radius 3 is 2.56 bits per heavy atom. The average molecular weight is 256 g/mol. The molecule has 1 fully saturated rings. The summed E-state index contributed by atoms with van der Waals surface area (Å²) in [6.07, 6.45) is 5.00. The molecule has 1 heterocycles. The highest BCUT2D eigenvalue weighted by atomic mass is 16.5. The van der Waals surface area contributed by atoms with Crippen molar-refractivity contribution < 1.29 is 4.74 Å². The largest absolute Gasteiger partial charge is 0.381 e. The van der Waals surface area contributed by atoms with Crippen molar-refractivity contribution in [3.63, 3.8) is 0 Å². The summed E-state index contributed by atoms with van der Waals surface area (Å²) in [6.45, 7) is 11.4. The minimum absolute atomic E-state index is 0.331. The van der Waals surface area contributed by atoms with Crippen LogP contribution in [0, 0.1) is 5.41 Å². The van der Waals surface area contributed by atoms with E-state index in [1.807, 2.05) is 7.11 Å². The fraction of sp³-hybridized carbons (Fsp3) is 1.00. The van der Waals surface area contributed by atoms with Crippen LogP contribution in [0.1, 0.15) is 53.4 Å². The highest BCUT2D eigenvalue weighted by Crippen LogP contribution is 2.23. The molecule has 0 aromatic heterocycles. The van der Waals surface area contributed by atoms with Crippen molar-refractivity contribution in [1.29, 1.82) is 0 Å². The van der Waals surface area contributed by atoms with Crippen LogP contribution in [0.15, 0.2) is 0 Å². The first-order valence-electron chi connectivity index (χ1n) is 7.34. The second-order valence-corrected chi connectivity index (χ2v) is 7.08. The minimum atomic E-state index is 0.331. The Kier molecular flexibility index (Phi) is 6.09. The maximum atomic E-state index is 6.22. The molecule has 0 radical (unpaired) electrons. The molecule has 3 atom stereocenters. The maximum Gasteiger partial charge on any atom is 0.0598 e. The summed E-state index contributed by atoms with van der Waals surface area (Å²) in [7, 11) is 1.83. The first-order chi connectivity index (χ1) is 8.31. The molecule has 2 N–H and O–H groups in total. The number of nitrogens with zero attached hydrogens (tertiary/aromatic N) is 1. The minimum Gasteiger partial charge on any atom is -0.381 e. The number of rotatable bonds is 5. The van der Waals surface area contributed by atoms with E-state index in [-0.39, 0.29) is 0 Å². The lowest BCUT2D eigenvalue weighted by Gasteiger charge is -2.37. The van der Waals surface area contributed by atoms with Crippen molar-refractivity contribution in [3.05, 3.63) is 0 Å². The van der Waals surface area contributed by atoms with E-state index < -0.39 is 0 Å². The lowest BCUT2D eigenvalue weighted by Crippen LogP contribution is -2.45. The van der Waals surface area contributed by atoms with Gasteiger partial charge < -0.3 is 15.4 Å². The van der Waals surface area contributed by atoms with Crippen LogP contribution in [0.5, 0.6) is 0 Å². The fourth-order valence-corrected chi connectivity index (χ4v) is 2.94. The number of piperidine rings is 1. The van der Waals surface area contributed by atoms with Crippen LogP contribution in [0.4, 0.5) is 0 Å². The van der Waals surface area contributed by atoms with Gasteiger partial charge in [0.05, 0.1) is 6.10 Å². The van der Waals surface area contributed by atoms with Gasteiger partial charge >= 0.3 is 0 Å². The molecular formula is C15H32N2O. The summed E-state index contributed by atoms with van der Waals surface area (Å²) in [5.41, 5.74) is 6.57. The van der Waals surface area contributed by atoms with Crippen LogP contribution in [0.2, 0.25) is 0 Å². The maximum absolute atomic E-state index is 6.22. The van der Waals surface area contributed by atoms with Crippen molar-refractivity contribution >= 4 is 0 Å². The number of methoxy groups -OCH3 is 1. The number of nitrogens with two attached hydrogens (primary N) is 1. The van der Waals surface area contributed by atoms with E-state index in [1.54, 1.807) is 0 Å². The average Bonchev–Trinajstić information content (AvgIpc) is 2.25. The summed E-state index contributed by atoms with van der Waals surface area (Å²) < 4.78 is 5.45. The van der Waals surface area contributed by atoms with Crippen LogP contribution in [0.3, 0.4) is 0 Å². The van der Waals surface area contributed by atoms with Gasteiger partial charge in [-0.25, -0.2) is 0 Å². The second-order valence-electron chi connectivity index (χ2n) is 7.08. The molecule has 108 valence electrons. The zero-order valence-corrected chi connectivity index (χ0v) is 12.9. The summed E-state index contributed by atoms with van der Waals surface area (Å²) >= 11 is 0. The highest BCUT2D eigenvalue weighted by molar-refractivity contribution is 4.81. The van der Waals surface area contributed by atoms with Crippen molar-refractivity contribution in [1.82, 2.24) is 4.90 Å². The first kappa shape index (κ1) is 15.9. The summed E-state index contributed by atoms with van der Waals surface area (Å²) in [4.78, 5) is 2.57. The predicted octanol–water partition coefficient (Wildman–Crippen LogP) is 2.64. The normalized spacial score (nSPS) is 28.3. The molecule has 1 aliphatic rings. The molecule has 3 unspecified atom stereocenters. The van der Waals surface area contributed by atoms with E-state index in [9.17, 15) is 0 Å². The van der Waals surface area contributed by atoms with Crippen LogP contribution >= 0.6 is 0 Å². The van der Waals surface area contributed by atoms with Crippen LogP contribution in [-0.4, -0.2) is 43.3 Å². The lowest BCUT2D eigenvalue weighted by atomic mass is 9.87. The van der Waals surface area contributed by atoms with Gasteiger partial charge in [-0.2, -0.15) is 0 Å². The van der Waals surface area contributed by atoms with E-state index >= 15 is 0 Å². The third-order valence-electron chi connectivity index (χ3n) is 3.96. The molecule has 3 nitrogen and oxygen atoms in total. The third-order valence-corrected chi connectivity index (χ3v) is 3.96. The van der Waals surface area contributed by atoms with Crippen LogP contribution < -0.4 is 5.73 Å². The quantitative estimate of drug-likeness (QED) is 0.822. The Morgan fingerprint density at radius 2 is 2.06 bits per heavy atom. The smallest absolute Gasteiger partial charge is 0.0598 e. The molecule has 3 heteroatoms. The highest BCUT2D eigenvalue weighted by Gasteiger charge is 2.25. The molecule has 0 amide bonds. The molecule has 1 rings (SSSR count). The first-order valence-corrected chi connectivity index (χ1v) is 7.34. The number of likely N-dealkylation sites (tertiary alicyclic amines) is 1. The monoisotopic (exact) mass is 256 g/mol. The van der Waals surface area contributed by atoms with Gasteiger partial charge in [-0.15, -0.1) is 0 Å². The zero-order valence-electron chi connectivity index (χ0n) is 12.9. The zero-order chi connectivity index (χ0) is 13.8. The van der Waals surface area contributed by atoms with E-state index in [0.717, 1.165) is 38.8 Å². The standard InChI is InChI=1S/C15H32N2O/c1-12-10-14(18-5)7-9-17(12)8-6-13(16)11-15(2,3)4/h12-14H,6-11,16H2,1-5H3. The summed E-state index contributed by atoms with van der Waals surface area (Å²) in [5.74, 6) is 0. The van der Waals surface area contributed by atoms with Gasteiger partial charge in [0, 0.05) is 25.7 Å². The SMILES string of the molecule is COC1CCN(CCC(N)CC(C)(C)C)C(C)C1. The second kappa shape index (κ2) is 6.88. The van der Waals surface area contributed by atoms with Crippen molar-refractivity contribution in [2.45, 2.75) is 71.6 Å². The molecule has 1 aliphatic heterocycles. The molecule has 0 spiro atoms. The molecule has 18 heavy (non-hydrogen) atoms. The van der Waals surface area contributed by atoms with E-state index in [2.05, 4.69) is 32.6 Å². The Balaban J connectivity index is 2.27. The molecular weight excluding hydrogens is 224 g/mol. The Bertz CT molecular complexity index is 237. The van der Waals surface area contributed by atoms with Gasteiger partial charge in [0.2, 0.25) is 0 Å². The topological polar surface area (TPSA) is 38.5 Å². The van der Waals surface area contributed by atoms with Gasteiger partial charge in [-0.3, -0.25) is 0 Å². The summed E-state index contributed by atoms with van der Waals surface area (Å²) in [6, 6.07) is 0.961. The van der Waals surface area contributed by atoms with Crippen molar-refractivity contribution in [2.75, 3.05) is 20.2 Å².